The summed E-state index contributed by atoms with van der Waals surface area (Å²) >= 11 is 0. The topological polar surface area (TPSA) is 56.6 Å². The van der Waals surface area contributed by atoms with Gasteiger partial charge in [0.2, 0.25) is 0 Å². The van der Waals surface area contributed by atoms with Crippen LogP contribution in [-0.2, 0) is 6.54 Å². The lowest BCUT2D eigenvalue weighted by molar-refractivity contribution is 0.0402. The van der Waals surface area contributed by atoms with E-state index < -0.39 is 5.41 Å². The summed E-state index contributed by atoms with van der Waals surface area (Å²) < 4.78 is 0. The lowest BCUT2D eigenvalue weighted by Crippen LogP contribution is -2.38. The summed E-state index contributed by atoms with van der Waals surface area (Å²) in [5.41, 5.74) is 0.734. The lowest BCUT2D eigenvalue weighted by Gasteiger charge is -2.30. The van der Waals surface area contributed by atoms with Gasteiger partial charge in [0.1, 0.15) is 0 Å². The summed E-state index contributed by atoms with van der Waals surface area (Å²) in [6.45, 7) is 3.30. The van der Waals surface area contributed by atoms with Crippen molar-refractivity contribution in [3.63, 3.8) is 0 Å². The number of aliphatic hydroxyl groups excluding tert-OH is 2. The summed E-state index contributed by atoms with van der Waals surface area (Å²) in [7, 11) is 1.98. The number of pyridine rings is 1. The maximum Gasteiger partial charge on any atom is 0.0519 e. The molecule has 0 atom stereocenters. The molecule has 1 aromatic rings. The molecule has 0 aliphatic carbocycles. The standard InChI is InChI=1S/C12H20N2O2/c1-12(9-15,10-16)8-14(2)7-11-3-5-13-6-4-11/h3-6,15-16H,7-10H2,1-2H3. The smallest absolute Gasteiger partial charge is 0.0519 e. The third kappa shape index (κ3) is 3.89. The predicted octanol–water partition coefficient (Wildman–Crippen LogP) is 0.504. The van der Waals surface area contributed by atoms with E-state index in [4.69, 9.17) is 0 Å². The first-order valence-electron chi connectivity index (χ1n) is 5.39. The van der Waals surface area contributed by atoms with E-state index in [0.29, 0.717) is 6.54 Å². The molecule has 1 aromatic heterocycles. The van der Waals surface area contributed by atoms with Crippen LogP contribution in [0.5, 0.6) is 0 Å². The Bertz CT molecular complexity index is 299. The quantitative estimate of drug-likeness (QED) is 0.739. The summed E-state index contributed by atoms with van der Waals surface area (Å²) in [5, 5.41) is 18.4. The van der Waals surface area contributed by atoms with Gasteiger partial charge in [0.25, 0.3) is 0 Å². The Morgan fingerprint density at radius 2 is 1.81 bits per heavy atom. The van der Waals surface area contributed by atoms with Crippen LogP contribution in [0.1, 0.15) is 12.5 Å². The van der Waals surface area contributed by atoms with Crippen molar-refractivity contribution in [2.75, 3.05) is 26.8 Å². The van der Waals surface area contributed by atoms with Crippen LogP contribution in [0.4, 0.5) is 0 Å². The van der Waals surface area contributed by atoms with Crippen LogP contribution in [-0.4, -0.2) is 46.9 Å². The van der Waals surface area contributed by atoms with Gasteiger partial charge < -0.3 is 15.1 Å². The Morgan fingerprint density at radius 1 is 1.25 bits per heavy atom. The second-order valence-electron chi connectivity index (χ2n) is 4.65. The Balaban J connectivity index is 2.50. The zero-order chi connectivity index (χ0) is 12.0. The molecule has 0 unspecified atom stereocenters. The fraction of sp³-hybridized carbons (Fsp3) is 0.583. The highest BCUT2D eigenvalue weighted by molar-refractivity contribution is 5.09. The van der Waals surface area contributed by atoms with Crippen molar-refractivity contribution in [1.82, 2.24) is 9.88 Å². The minimum absolute atomic E-state index is 0.00974. The van der Waals surface area contributed by atoms with Gasteiger partial charge >= 0.3 is 0 Å². The van der Waals surface area contributed by atoms with E-state index in [2.05, 4.69) is 9.88 Å². The SMILES string of the molecule is CN(Cc1ccncc1)CC(C)(CO)CO. The first kappa shape index (κ1) is 13.1. The highest BCUT2D eigenvalue weighted by Gasteiger charge is 2.24. The summed E-state index contributed by atoms with van der Waals surface area (Å²) in [5.74, 6) is 0. The monoisotopic (exact) mass is 224 g/mol. The van der Waals surface area contributed by atoms with Crippen molar-refractivity contribution in [3.8, 4) is 0 Å². The molecule has 0 aliphatic heterocycles. The molecule has 0 amide bonds. The highest BCUT2D eigenvalue weighted by Crippen LogP contribution is 2.16. The van der Waals surface area contributed by atoms with Gasteiger partial charge in [0.05, 0.1) is 13.2 Å². The number of aliphatic hydroxyl groups is 2. The third-order valence-electron chi connectivity index (χ3n) is 2.62. The Hall–Kier alpha value is -0.970. The van der Waals surface area contributed by atoms with Gasteiger partial charge in [-0.15, -0.1) is 0 Å². The number of nitrogens with zero attached hydrogens (tertiary/aromatic N) is 2. The zero-order valence-electron chi connectivity index (χ0n) is 9.93. The molecule has 0 aliphatic rings. The molecule has 1 rings (SSSR count). The van der Waals surface area contributed by atoms with Crippen LogP contribution in [0, 0.1) is 5.41 Å². The molecule has 4 nitrogen and oxygen atoms in total. The third-order valence-corrected chi connectivity index (χ3v) is 2.62. The van der Waals surface area contributed by atoms with E-state index in [1.165, 1.54) is 5.56 Å². The average molecular weight is 224 g/mol. The normalized spacial score (nSPS) is 12.1. The minimum Gasteiger partial charge on any atom is -0.396 e. The number of hydrogen-bond acceptors (Lipinski definition) is 4. The van der Waals surface area contributed by atoms with E-state index in [0.717, 1.165) is 6.54 Å². The first-order valence-corrected chi connectivity index (χ1v) is 5.39. The predicted molar refractivity (Wildman–Crippen MR) is 62.8 cm³/mol. The van der Waals surface area contributed by atoms with Crippen molar-refractivity contribution in [3.05, 3.63) is 30.1 Å². The average Bonchev–Trinajstić information content (AvgIpc) is 2.30. The van der Waals surface area contributed by atoms with Crippen LogP contribution < -0.4 is 0 Å². The van der Waals surface area contributed by atoms with Crippen LogP contribution in [0.3, 0.4) is 0 Å². The molecule has 0 bridgehead atoms. The van der Waals surface area contributed by atoms with Crippen LogP contribution >= 0.6 is 0 Å². The molecule has 4 heteroatoms. The number of rotatable bonds is 6. The van der Waals surface area contributed by atoms with Gasteiger partial charge in [0.15, 0.2) is 0 Å². The molecule has 0 saturated heterocycles. The van der Waals surface area contributed by atoms with Gasteiger partial charge in [-0.2, -0.15) is 0 Å². The van der Waals surface area contributed by atoms with E-state index >= 15 is 0 Å². The molecule has 0 fully saturated rings. The number of hydrogen-bond donors (Lipinski definition) is 2. The molecule has 16 heavy (non-hydrogen) atoms. The van der Waals surface area contributed by atoms with Crippen LogP contribution in [0.2, 0.25) is 0 Å². The second kappa shape index (κ2) is 5.94. The molecule has 0 spiro atoms. The van der Waals surface area contributed by atoms with E-state index in [9.17, 15) is 10.2 Å². The van der Waals surface area contributed by atoms with Crippen molar-refractivity contribution in [1.29, 1.82) is 0 Å². The molecular weight excluding hydrogens is 204 g/mol. The van der Waals surface area contributed by atoms with Gasteiger partial charge in [0, 0.05) is 30.9 Å². The second-order valence-corrected chi connectivity index (χ2v) is 4.65. The fourth-order valence-corrected chi connectivity index (χ4v) is 1.66. The van der Waals surface area contributed by atoms with E-state index in [1.54, 1.807) is 12.4 Å². The fourth-order valence-electron chi connectivity index (χ4n) is 1.66. The minimum atomic E-state index is -0.443. The summed E-state index contributed by atoms with van der Waals surface area (Å²) in [6, 6.07) is 3.93. The maximum atomic E-state index is 9.20. The molecule has 0 radical (unpaired) electrons. The zero-order valence-corrected chi connectivity index (χ0v) is 9.93. The maximum absolute atomic E-state index is 9.20. The first-order chi connectivity index (χ1) is 7.59. The molecule has 2 N–H and O–H groups in total. The van der Waals surface area contributed by atoms with E-state index in [-0.39, 0.29) is 13.2 Å². The Labute approximate surface area is 96.6 Å². The largest absolute Gasteiger partial charge is 0.396 e. The van der Waals surface area contributed by atoms with Crippen molar-refractivity contribution in [2.24, 2.45) is 5.41 Å². The Morgan fingerprint density at radius 3 is 2.31 bits per heavy atom. The lowest BCUT2D eigenvalue weighted by atomic mass is 9.92. The molecule has 90 valence electrons. The number of aromatic nitrogens is 1. The Kier molecular flexibility index (Phi) is 4.86. The van der Waals surface area contributed by atoms with Gasteiger partial charge in [-0.1, -0.05) is 6.92 Å². The van der Waals surface area contributed by atoms with E-state index in [1.807, 2.05) is 26.1 Å². The molecular formula is C12H20N2O2. The molecule has 0 aromatic carbocycles. The summed E-state index contributed by atoms with van der Waals surface area (Å²) in [6.07, 6.45) is 3.53. The highest BCUT2D eigenvalue weighted by atomic mass is 16.3. The van der Waals surface area contributed by atoms with Crippen molar-refractivity contribution >= 4 is 0 Å². The van der Waals surface area contributed by atoms with Gasteiger partial charge in [-0.05, 0) is 24.7 Å². The van der Waals surface area contributed by atoms with Gasteiger partial charge in [-0.3, -0.25) is 4.98 Å². The summed E-state index contributed by atoms with van der Waals surface area (Å²) in [4.78, 5) is 6.05. The van der Waals surface area contributed by atoms with Crippen molar-refractivity contribution < 1.29 is 10.2 Å². The molecule has 1 heterocycles. The van der Waals surface area contributed by atoms with Crippen LogP contribution in [0.15, 0.2) is 24.5 Å². The van der Waals surface area contributed by atoms with Crippen LogP contribution in [0.25, 0.3) is 0 Å². The van der Waals surface area contributed by atoms with Crippen molar-refractivity contribution in [2.45, 2.75) is 13.5 Å². The van der Waals surface area contributed by atoms with Gasteiger partial charge in [-0.25, -0.2) is 0 Å². The molecule has 0 saturated carbocycles.